The average Bonchev–Trinajstić information content (AvgIpc) is 2.29. The highest BCUT2D eigenvalue weighted by Gasteiger charge is 2.09. The summed E-state index contributed by atoms with van der Waals surface area (Å²) in [5, 5.41) is 0. The smallest absolute Gasteiger partial charge is 0.127 e. The standard InChI is InChI=1S/C13H21NO2/c1-4-5-8-16-13-9-11(15-3)6-7-12(13)10(2)14/h6-7,9-10H,4-5,8,14H2,1-3H3/t10-/m1/s1. The van der Waals surface area contributed by atoms with Crippen LogP contribution in [0.1, 0.15) is 38.3 Å². The normalized spacial score (nSPS) is 12.2. The molecule has 90 valence electrons. The van der Waals surface area contributed by atoms with Crippen LogP contribution in [0.5, 0.6) is 11.5 Å². The Morgan fingerprint density at radius 3 is 2.69 bits per heavy atom. The van der Waals surface area contributed by atoms with Crippen LogP contribution in [0.15, 0.2) is 18.2 Å². The first kappa shape index (κ1) is 12.8. The number of rotatable bonds is 6. The van der Waals surface area contributed by atoms with Crippen LogP contribution >= 0.6 is 0 Å². The summed E-state index contributed by atoms with van der Waals surface area (Å²) in [6.07, 6.45) is 2.17. The summed E-state index contributed by atoms with van der Waals surface area (Å²) in [7, 11) is 1.65. The van der Waals surface area contributed by atoms with Gasteiger partial charge >= 0.3 is 0 Å². The minimum absolute atomic E-state index is 0.0254. The van der Waals surface area contributed by atoms with Crippen molar-refractivity contribution in [2.24, 2.45) is 5.73 Å². The molecule has 0 unspecified atom stereocenters. The SMILES string of the molecule is CCCCOc1cc(OC)ccc1[C@@H](C)N. The third-order valence-corrected chi connectivity index (χ3v) is 2.47. The van der Waals surface area contributed by atoms with Gasteiger partial charge in [-0.25, -0.2) is 0 Å². The van der Waals surface area contributed by atoms with E-state index in [4.69, 9.17) is 15.2 Å². The van der Waals surface area contributed by atoms with E-state index in [-0.39, 0.29) is 6.04 Å². The van der Waals surface area contributed by atoms with E-state index >= 15 is 0 Å². The highest BCUT2D eigenvalue weighted by atomic mass is 16.5. The Morgan fingerprint density at radius 2 is 2.12 bits per heavy atom. The fourth-order valence-corrected chi connectivity index (χ4v) is 1.47. The van der Waals surface area contributed by atoms with E-state index in [9.17, 15) is 0 Å². The van der Waals surface area contributed by atoms with Crippen molar-refractivity contribution in [3.05, 3.63) is 23.8 Å². The van der Waals surface area contributed by atoms with E-state index in [1.165, 1.54) is 0 Å². The van der Waals surface area contributed by atoms with Gasteiger partial charge in [0.15, 0.2) is 0 Å². The molecule has 1 aromatic carbocycles. The predicted molar refractivity (Wildman–Crippen MR) is 66.0 cm³/mol. The molecule has 1 aromatic rings. The Bertz CT molecular complexity index is 324. The van der Waals surface area contributed by atoms with E-state index in [1.807, 2.05) is 25.1 Å². The number of hydrogen-bond donors (Lipinski definition) is 1. The number of ether oxygens (including phenoxy) is 2. The van der Waals surface area contributed by atoms with Gasteiger partial charge in [-0.3, -0.25) is 0 Å². The van der Waals surface area contributed by atoms with Crippen molar-refractivity contribution in [2.75, 3.05) is 13.7 Å². The molecule has 1 atom stereocenters. The second-order valence-electron chi connectivity index (χ2n) is 3.89. The summed E-state index contributed by atoms with van der Waals surface area (Å²) in [6.45, 7) is 4.82. The molecule has 0 aromatic heterocycles. The number of nitrogens with two attached hydrogens (primary N) is 1. The zero-order chi connectivity index (χ0) is 12.0. The van der Waals surface area contributed by atoms with Crippen molar-refractivity contribution in [1.29, 1.82) is 0 Å². The van der Waals surface area contributed by atoms with E-state index in [0.29, 0.717) is 0 Å². The highest BCUT2D eigenvalue weighted by Crippen LogP contribution is 2.28. The summed E-state index contributed by atoms with van der Waals surface area (Å²) < 4.78 is 10.9. The van der Waals surface area contributed by atoms with E-state index in [2.05, 4.69) is 6.92 Å². The largest absolute Gasteiger partial charge is 0.497 e. The first-order valence-electron chi connectivity index (χ1n) is 5.75. The molecule has 0 saturated carbocycles. The van der Waals surface area contributed by atoms with Crippen LogP contribution in [-0.4, -0.2) is 13.7 Å². The quantitative estimate of drug-likeness (QED) is 0.754. The molecule has 0 bridgehead atoms. The van der Waals surface area contributed by atoms with Crippen molar-refractivity contribution in [3.63, 3.8) is 0 Å². The zero-order valence-electron chi connectivity index (χ0n) is 10.3. The summed E-state index contributed by atoms with van der Waals surface area (Å²) in [5.41, 5.74) is 6.91. The molecule has 0 aliphatic carbocycles. The van der Waals surface area contributed by atoms with Crippen molar-refractivity contribution in [1.82, 2.24) is 0 Å². The molecule has 16 heavy (non-hydrogen) atoms. The molecular formula is C13H21NO2. The summed E-state index contributed by atoms with van der Waals surface area (Å²) >= 11 is 0. The average molecular weight is 223 g/mol. The Morgan fingerprint density at radius 1 is 1.38 bits per heavy atom. The first-order chi connectivity index (χ1) is 7.69. The van der Waals surface area contributed by atoms with Crippen molar-refractivity contribution in [3.8, 4) is 11.5 Å². The van der Waals surface area contributed by atoms with Crippen molar-refractivity contribution >= 4 is 0 Å². The van der Waals surface area contributed by atoms with Gasteiger partial charge < -0.3 is 15.2 Å². The highest BCUT2D eigenvalue weighted by molar-refractivity contribution is 5.42. The maximum atomic E-state index is 5.89. The summed E-state index contributed by atoms with van der Waals surface area (Å²) in [6, 6.07) is 5.74. The molecule has 1 rings (SSSR count). The van der Waals surface area contributed by atoms with Crippen LogP contribution in [0.2, 0.25) is 0 Å². The van der Waals surface area contributed by atoms with Gasteiger partial charge in [0.2, 0.25) is 0 Å². The first-order valence-corrected chi connectivity index (χ1v) is 5.75. The lowest BCUT2D eigenvalue weighted by molar-refractivity contribution is 0.302. The molecule has 0 fully saturated rings. The van der Waals surface area contributed by atoms with E-state index < -0.39 is 0 Å². The monoisotopic (exact) mass is 223 g/mol. The molecule has 0 aliphatic heterocycles. The second kappa shape index (κ2) is 6.38. The van der Waals surface area contributed by atoms with Crippen LogP contribution in [0.4, 0.5) is 0 Å². The summed E-state index contributed by atoms with van der Waals surface area (Å²) in [5.74, 6) is 1.64. The van der Waals surface area contributed by atoms with Crippen molar-refractivity contribution in [2.45, 2.75) is 32.7 Å². The molecular weight excluding hydrogens is 202 g/mol. The van der Waals surface area contributed by atoms with Crippen LogP contribution in [-0.2, 0) is 0 Å². The molecule has 0 aliphatic rings. The van der Waals surface area contributed by atoms with Crippen LogP contribution in [0.25, 0.3) is 0 Å². The maximum absolute atomic E-state index is 5.89. The number of methoxy groups -OCH3 is 1. The van der Waals surface area contributed by atoms with Gasteiger partial charge in [0, 0.05) is 17.7 Å². The molecule has 0 radical (unpaired) electrons. The minimum Gasteiger partial charge on any atom is -0.497 e. The third-order valence-electron chi connectivity index (χ3n) is 2.47. The molecule has 2 N–H and O–H groups in total. The minimum atomic E-state index is -0.0254. The fourth-order valence-electron chi connectivity index (χ4n) is 1.47. The second-order valence-corrected chi connectivity index (χ2v) is 3.89. The number of hydrogen-bond acceptors (Lipinski definition) is 3. The van der Waals surface area contributed by atoms with Gasteiger partial charge in [0.1, 0.15) is 11.5 Å². The number of unbranched alkanes of at least 4 members (excludes halogenated alkanes) is 1. The molecule has 0 heterocycles. The Hall–Kier alpha value is -1.22. The molecule has 0 amide bonds. The summed E-state index contributed by atoms with van der Waals surface area (Å²) in [4.78, 5) is 0. The van der Waals surface area contributed by atoms with Gasteiger partial charge in [-0.1, -0.05) is 19.4 Å². The molecule has 0 spiro atoms. The lowest BCUT2D eigenvalue weighted by atomic mass is 10.1. The van der Waals surface area contributed by atoms with Crippen molar-refractivity contribution < 1.29 is 9.47 Å². The van der Waals surface area contributed by atoms with E-state index in [1.54, 1.807) is 7.11 Å². The molecule has 3 nitrogen and oxygen atoms in total. The lowest BCUT2D eigenvalue weighted by Gasteiger charge is -2.15. The van der Waals surface area contributed by atoms with Gasteiger partial charge in [-0.15, -0.1) is 0 Å². The fraction of sp³-hybridized carbons (Fsp3) is 0.538. The van der Waals surface area contributed by atoms with Crippen LogP contribution < -0.4 is 15.2 Å². The predicted octanol–water partition coefficient (Wildman–Crippen LogP) is 2.89. The Labute approximate surface area is 97.6 Å². The number of benzene rings is 1. The van der Waals surface area contributed by atoms with Gasteiger partial charge in [0.05, 0.1) is 13.7 Å². The Kier molecular flexibility index (Phi) is 5.12. The van der Waals surface area contributed by atoms with E-state index in [0.717, 1.165) is 36.5 Å². The van der Waals surface area contributed by atoms with Crippen LogP contribution in [0, 0.1) is 0 Å². The maximum Gasteiger partial charge on any atom is 0.127 e. The topological polar surface area (TPSA) is 44.5 Å². The Balaban J connectivity index is 2.83. The molecule has 3 heteroatoms. The van der Waals surface area contributed by atoms with Crippen LogP contribution in [0.3, 0.4) is 0 Å². The van der Waals surface area contributed by atoms with Gasteiger partial charge in [-0.05, 0) is 19.4 Å². The zero-order valence-corrected chi connectivity index (χ0v) is 10.3. The lowest BCUT2D eigenvalue weighted by Crippen LogP contribution is -2.08. The molecule has 0 saturated heterocycles. The third kappa shape index (κ3) is 3.42. The van der Waals surface area contributed by atoms with Gasteiger partial charge in [-0.2, -0.15) is 0 Å². The van der Waals surface area contributed by atoms with Gasteiger partial charge in [0.25, 0.3) is 0 Å².